The van der Waals surface area contributed by atoms with Crippen molar-refractivity contribution < 1.29 is 18.9 Å². The van der Waals surface area contributed by atoms with Gasteiger partial charge in [0.15, 0.2) is 11.8 Å². The summed E-state index contributed by atoms with van der Waals surface area (Å²) in [6, 6.07) is 23.9. The molecule has 1 fully saturated rings. The van der Waals surface area contributed by atoms with Gasteiger partial charge in [-0.3, -0.25) is 14.5 Å². The molecular weight excluding hydrogens is 407 g/mol. The van der Waals surface area contributed by atoms with Crippen molar-refractivity contribution in [1.29, 1.82) is 0 Å². The van der Waals surface area contributed by atoms with Crippen molar-refractivity contribution in [3.8, 4) is 0 Å². The van der Waals surface area contributed by atoms with Crippen LogP contribution in [-0.4, -0.2) is 21.6 Å². The van der Waals surface area contributed by atoms with Gasteiger partial charge in [-0.2, -0.15) is 5.06 Å². The van der Waals surface area contributed by atoms with E-state index < -0.39 is 11.8 Å². The second-order valence-electron chi connectivity index (χ2n) is 8.36. The Balaban J connectivity index is 1.62. The molecule has 1 saturated heterocycles. The zero-order chi connectivity index (χ0) is 22.3. The molecule has 1 amide bonds. The van der Waals surface area contributed by atoms with E-state index in [4.69, 9.17) is 9.68 Å². The normalized spacial score (nSPS) is 19.3. The summed E-state index contributed by atoms with van der Waals surface area (Å²) >= 11 is 0. The summed E-state index contributed by atoms with van der Waals surface area (Å²) in [7, 11) is 0. The Morgan fingerprint density at radius 2 is 1.69 bits per heavy atom. The summed E-state index contributed by atoms with van der Waals surface area (Å²) in [4.78, 5) is 25.7. The average Bonchev–Trinajstić information content (AvgIpc) is 2.80. The number of amides is 1. The highest BCUT2D eigenvalue weighted by Gasteiger charge is 2.51. The fourth-order valence-electron chi connectivity index (χ4n) is 4.02. The number of benzene rings is 3. The molecule has 0 bridgehead atoms. The summed E-state index contributed by atoms with van der Waals surface area (Å²) in [6.45, 7) is 3.60. The van der Waals surface area contributed by atoms with Gasteiger partial charge in [0, 0.05) is 11.1 Å². The highest BCUT2D eigenvalue weighted by atomic mass is 19.1. The molecule has 32 heavy (non-hydrogen) atoms. The fraction of sp³-hybridized carbons (Fsp3) is 0.192. The van der Waals surface area contributed by atoms with Crippen LogP contribution in [0.25, 0.3) is 11.8 Å². The quantitative estimate of drug-likeness (QED) is 0.562. The third-order valence-electron chi connectivity index (χ3n) is 5.63. The van der Waals surface area contributed by atoms with Gasteiger partial charge < -0.3 is 0 Å². The van der Waals surface area contributed by atoms with Crippen LogP contribution < -0.4 is 0 Å². The van der Waals surface area contributed by atoms with E-state index in [0.717, 1.165) is 22.4 Å². The smallest absolute Gasteiger partial charge is 0.269 e. The molecule has 0 spiro atoms. The first-order chi connectivity index (χ1) is 15.4. The summed E-state index contributed by atoms with van der Waals surface area (Å²) < 4.78 is 14.3. The van der Waals surface area contributed by atoms with Gasteiger partial charge in [0.05, 0.1) is 5.70 Å². The van der Waals surface area contributed by atoms with Crippen molar-refractivity contribution in [3.63, 3.8) is 0 Å². The van der Waals surface area contributed by atoms with Crippen molar-refractivity contribution in [1.82, 2.24) is 10.1 Å². The van der Waals surface area contributed by atoms with Gasteiger partial charge in [-0.05, 0) is 43.2 Å². The minimum Gasteiger partial charge on any atom is -0.269 e. The van der Waals surface area contributed by atoms with E-state index in [1.807, 2.05) is 66.7 Å². The standard InChI is InChI=1S/C26H23FN2O3/c1-26(2)25(30)29(31-17-18-9-5-3-6-10-18)24-22-16-21(27)14-13-20(22)15-23(28(24)32-26)19-11-7-4-8-12-19/h3-16,24H,17H2,1-2H3. The lowest BCUT2D eigenvalue weighted by Crippen LogP contribution is -2.60. The van der Waals surface area contributed by atoms with Crippen molar-refractivity contribution in [2.24, 2.45) is 0 Å². The first kappa shape index (κ1) is 20.4. The fourth-order valence-corrected chi connectivity index (χ4v) is 4.02. The summed E-state index contributed by atoms with van der Waals surface area (Å²) in [5.74, 6) is -0.722. The van der Waals surface area contributed by atoms with Gasteiger partial charge in [-0.25, -0.2) is 9.45 Å². The number of carbonyl (C=O) groups excluding carboxylic acids is 1. The monoisotopic (exact) mass is 430 g/mol. The molecule has 1 unspecified atom stereocenters. The number of hydrogen-bond donors (Lipinski definition) is 0. The molecule has 2 heterocycles. The number of hydrogen-bond acceptors (Lipinski definition) is 4. The Labute approximate surface area is 186 Å². The predicted octanol–water partition coefficient (Wildman–Crippen LogP) is 5.32. The van der Waals surface area contributed by atoms with Gasteiger partial charge in [0.2, 0.25) is 0 Å². The Hall–Kier alpha value is -3.48. The molecule has 6 heteroatoms. The zero-order valence-corrected chi connectivity index (χ0v) is 17.9. The first-order valence-corrected chi connectivity index (χ1v) is 10.5. The Bertz CT molecular complexity index is 1180. The maximum atomic E-state index is 14.3. The van der Waals surface area contributed by atoms with E-state index >= 15 is 0 Å². The van der Waals surface area contributed by atoms with Crippen molar-refractivity contribution in [2.75, 3.05) is 0 Å². The van der Waals surface area contributed by atoms with Gasteiger partial charge in [0.25, 0.3) is 5.91 Å². The number of fused-ring (bicyclic) bond motifs is 3. The Morgan fingerprint density at radius 3 is 2.41 bits per heavy atom. The predicted molar refractivity (Wildman–Crippen MR) is 119 cm³/mol. The first-order valence-electron chi connectivity index (χ1n) is 10.5. The second-order valence-corrected chi connectivity index (χ2v) is 8.36. The lowest BCUT2D eigenvalue weighted by atomic mass is 9.95. The minimum atomic E-state index is -1.17. The van der Waals surface area contributed by atoms with Crippen LogP contribution in [0.4, 0.5) is 4.39 Å². The Kier molecular flexibility index (Phi) is 5.04. The number of hydroxylamine groups is 4. The molecular formula is C26H23FN2O3. The molecule has 2 aliphatic rings. The minimum absolute atomic E-state index is 0.196. The van der Waals surface area contributed by atoms with E-state index in [-0.39, 0.29) is 18.3 Å². The zero-order valence-electron chi connectivity index (χ0n) is 17.9. The number of rotatable bonds is 4. The maximum Gasteiger partial charge on any atom is 0.282 e. The maximum absolute atomic E-state index is 14.3. The van der Waals surface area contributed by atoms with Crippen LogP contribution in [0.1, 0.15) is 42.3 Å². The van der Waals surface area contributed by atoms with Crippen LogP contribution >= 0.6 is 0 Å². The van der Waals surface area contributed by atoms with Gasteiger partial charge in [-0.1, -0.05) is 66.7 Å². The van der Waals surface area contributed by atoms with Crippen LogP contribution in [0, 0.1) is 5.82 Å². The van der Waals surface area contributed by atoms with Crippen molar-refractivity contribution >= 4 is 17.7 Å². The molecule has 5 nitrogen and oxygen atoms in total. The van der Waals surface area contributed by atoms with Crippen LogP contribution in [-0.2, 0) is 21.1 Å². The SMILES string of the molecule is CC1(C)ON2C(c3ccccc3)=Cc3ccc(F)cc3C2N(OCc2ccccc2)C1=O. The number of nitrogens with zero attached hydrogens (tertiary/aromatic N) is 2. The number of halogens is 1. The van der Waals surface area contributed by atoms with E-state index in [9.17, 15) is 9.18 Å². The molecule has 0 saturated carbocycles. The second kappa shape index (κ2) is 7.89. The number of carbonyl (C=O) groups is 1. The highest BCUT2D eigenvalue weighted by molar-refractivity contribution is 5.88. The van der Waals surface area contributed by atoms with Crippen molar-refractivity contribution in [3.05, 3.63) is 107 Å². The molecule has 162 valence electrons. The summed E-state index contributed by atoms with van der Waals surface area (Å²) in [6.07, 6.45) is 1.17. The van der Waals surface area contributed by atoms with Gasteiger partial charge in [-0.15, -0.1) is 0 Å². The van der Waals surface area contributed by atoms with Crippen LogP contribution in [0.15, 0.2) is 78.9 Å². The molecule has 3 aromatic rings. The third kappa shape index (κ3) is 3.57. The topological polar surface area (TPSA) is 42.0 Å². The van der Waals surface area contributed by atoms with E-state index in [1.165, 1.54) is 17.2 Å². The lowest BCUT2D eigenvalue weighted by molar-refractivity contribution is -0.337. The Morgan fingerprint density at radius 1 is 1.00 bits per heavy atom. The molecule has 5 rings (SSSR count). The summed E-state index contributed by atoms with van der Waals surface area (Å²) in [5, 5.41) is 2.98. The van der Waals surface area contributed by atoms with Crippen molar-refractivity contribution in [2.45, 2.75) is 32.2 Å². The lowest BCUT2D eigenvalue weighted by Gasteiger charge is -2.50. The van der Waals surface area contributed by atoms with Crippen LogP contribution in [0.3, 0.4) is 0 Å². The molecule has 0 aromatic heterocycles. The van der Waals surface area contributed by atoms with E-state index in [2.05, 4.69) is 0 Å². The molecule has 3 aromatic carbocycles. The van der Waals surface area contributed by atoms with E-state index in [0.29, 0.717) is 5.56 Å². The van der Waals surface area contributed by atoms with Crippen LogP contribution in [0.5, 0.6) is 0 Å². The molecule has 0 radical (unpaired) electrons. The molecule has 1 atom stereocenters. The molecule has 0 aliphatic carbocycles. The van der Waals surface area contributed by atoms with Crippen LogP contribution in [0.2, 0.25) is 0 Å². The molecule has 2 aliphatic heterocycles. The summed E-state index contributed by atoms with van der Waals surface area (Å²) in [5.41, 5.74) is 2.83. The van der Waals surface area contributed by atoms with E-state index in [1.54, 1.807) is 25.0 Å². The largest absolute Gasteiger partial charge is 0.282 e. The van der Waals surface area contributed by atoms with Gasteiger partial charge >= 0.3 is 0 Å². The average molecular weight is 430 g/mol. The third-order valence-corrected chi connectivity index (χ3v) is 5.63. The molecule has 0 N–H and O–H groups in total. The van der Waals surface area contributed by atoms with Gasteiger partial charge in [0.1, 0.15) is 12.4 Å². The highest BCUT2D eigenvalue weighted by Crippen LogP contribution is 2.46.